The van der Waals surface area contributed by atoms with Gasteiger partial charge in [-0.15, -0.1) is 0 Å². The number of nitrogen functional groups attached to an aromatic ring is 1. The van der Waals surface area contributed by atoms with Crippen molar-refractivity contribution in [2.75, 3.05) is 10.1 Å². The van der Waals surface area contributed by atoms with Crippen LogP contribution in [0.4, 0.5) is 15.9 Å². The van der Waals surface area contributed by atoms with Crippen LogP contribution in [0.1, 0.15) is 30.0 Å². The van der Waals surface area contributed by atoms with Crippen LogP contribution in [0, 0.1) is 17.1 Å². The van der Waals surface area contributed by atoms with Gasteiger partial charge in [0.1, 0.15) is 23.7 Å². The Hall–Kier alpha value is -3.64. The average molecular weight is 471 g/mol. The first kappa shape index (κ1) is 21.2. The summed E-state index contributed by atoms with van der Waals surface area (Å²) < 4.78 is 38.3. The van der Waals surface area contributed by atoms with Crippen molar-refractivity contribution in [1.29, 1.82) is 5.26 Å². The van der Waals surface area contributed by atoms with Gasteiger partial charge < -0.3 is 15.6 Å². The standard InChI is InChI=1S/C19H18FN9O3S/c1-9-11-5-10(20)3-4-14(11)29-28(19(30)26-33(29)31)8-13-16(15(6-21)27(2)25-13)12-7-23-17(22)18(24-12)32-9/h3-5,7,9,19,26,30H,8H2,1-2H3,(H2,22,23). The van der Waals surface area contributed by atoms with Gasteiger partial charge in [-0.1, -0.05) is 0 Å². The van der Waals surface area contributed by atoms with Crippen LogP contribution in [0.3, 0.4) is 0 Å². The van der Waals surface area contributed by atoms with Gasteiger partial charge in [-0.05, 0) is 25.1 Å². The molecule has 0 saturated carbocycles. The number of nitriles is 1. The van der Waals surface area contributed by atoms with Gasteiger partial charge in [0, 0.05) is 12.6 Å². The van der Waals surface area contributed by atoms with Gasteiger partial charge in [-0.25, -0.2) is 23.0 Å². The molecule has 2 bridgehead atoms. The summed E-state index contributed by atoms with van der Waals surface area (Å²) in [7, 11) is 1.60. The lowest BCUT2D eigenvalue weighted by Gasteiger charge is -2.30. The molecule has 2 aromatic heterocycles. The van der Waals surface area contributed by atoms with Crippen LogP contribution in [0.15, 0.2) is 24.4 Å². The van der Waals surface area contributed by atoms with Crippen molar-refractivity contribution in [2.45, 2.75) is 25.9 Å². The third kappa shape index (κ3) is 3.38. The molecule has 12 nitrogen and oxygen atoms in total. The monoisotopic (exact) mass is 471 g/mol. The fraction of sp³-hybridized carbons (Fsp3) is 0.263. The van der Waals surface area contributed by atoms with E-state index in [1.165, 1.54) is 38.5 Å². The summed E-state index contributed by atoms with van der Waals surface area (Å²) in [6.45, 7) is 1.60. The quantitative estimate of drug-likeness (QED) is 0.427. The summed E-state index contributed by atoms with van der Waals surface area (Å²) >= 11 is -1.90. The molecule has 0 amide bonds. The van der Waals surface area contributed by atoms with E-state index in [2.05, 4.69) is 25.9 Å². The molecule has 1 saturated heterocycles. The largest absolute Gasteiger partial charge is 0.467 e. The highest BCUT2D eigenvalue weighted by molar-refractivity contribution is 7.84. The molecule has 2 aliphatic rings. The number of rotatable bonds is 0. The van der Waals surface area contributed by atoms with Gasteiger partial charge in [0.25, 0.3) is 5.88 Å². The van der Waals surface area contributed by atoms with Crippen molar-refractivity contribution < 1.29 is 18.4 Å². The molecule has 1 aromatic carbocycles. The number of halogens is 1. The highest BCUT2D eigenvalue weighted by Gasteiger charge is 2.40. The normalized spacial score (nSPS) is 22.3. The molecule has 2 aliphatic heterocycles. The van der Waals surface area contributed by atoms with Crippen molar-refractivity contribution in [1.82, 2.24) is 29.5 Å². The van der Waals surface area contributed by atoms with E-state index in [1.54, 1.807) is 14.0 Å². The Balaban J connectivity index is 1.79. The van der Waals surface area contributed by atoms with Gasteiger partial charge in [-0.2, -0.15) is 20.1 Å². The minimum atomic E-state index is -1.90. The first-order chi connectivity index (χ1) is 15.8. The zero-order valence-electron chi connectivity index (χ0n) is 17.4. The number of hydrogen-bond donors (Lipinski definition) is 3. The molecule has 4 heterocycles. The second kappa shape index (κ2) is 7.74. The highest BCUT2D eigenvalue weighted by Crippen LogP contribution is 2.38. The van der Waals surface area contributed by atoms with Crippen LogP contribution in [-0.2, 0) is 24.8 Å². The van der Waals surface area contributed by atoms with Crippen LogP contribution >= 0.6 is 0 Å². The Bertz CT molecular complexity index is 1340. The summed E-state index contributed by atoms with van der Waals surface area (Å²) in [6.07, 6.45) is -0.749. The molecular weight excluding hydrogens is 453 g/mol. The molecule has 5 rings (SSSR count). The minimum absolute atomic E-state index is 0.00737. The molecule has 1 fully saturated rings. The summed E-state index contributed by atoms with van der Waals surface area (Å²) in [4.78, 5) is 8.61. The van der Waals surface area contributed by atoms with Crippen molar-refractivity contribution in [3.63, 3.8) is 0 Å². The number of aliphatic hydroxyl groups is 1. The molecule has 3 atom stereocenters. The van der Waals surface area contributed by atoms with E-state index in [0.29, 0.717) is 22.5 Å². The molecule has 14 heteroatoms. The number of aryl methyl sites for hydroxylation is 1. The summed E-state index contributed by atoms with van der Waals surface area (Å²) in [5, 5.41) is 26.1. The maximum atomic E-state index is 14.2. The lowest BCUT2D eigenvalue weighted by Crippen LogP contribution is -2.42. The molecule has 33 heavy (non-hydrogen) atoms. The molecular formula is C19H18FN9O3S. The number of hydrogen-bond acceptors (Lipinski definition) is 9. The number of nitrogens with two attached hydrogens (primary N) is 1. The average Bonchev–Trinajstić information content (AvgIpc) is 3.23. The predicted octanol–water partition coefficient (Wildman–Crippen LogP) is 0.605. The smallest absolute Gasteiger partial charge is 0.258 e. The van der Waals surface area contributed by atoms with Gasteiger partial charge in [0.15, 0.2) is 12.2 Å². The Morgan fingerprint density at radius 2 is 2.24 bits per heavy atom. The number of nitrogens with one attached hydrogen (secondary N) is 1. The molecule has 3 aromatic rings. The Labute approximate surface area is 189 Å². The van der Waals surface area contributed by atoms with E-state index in [-0.39, 0.29) is 29.6 Å². The lowest BCUT2D eigenvalue weighted by atomic mass is 10.1. The van der Waals surface area contributed by atoms with Gasteiger partial charge >= 0.3 is 0 Å². The number of fused-ring (bicyclic) bond motifs is 7. The minimum Gasteiger partial charge on any atom is -0.467 e. The summed E-state index contributed by atoms with van der Waals surface area (Å²) in [5.41, 5.74) is 7.86. The Morgan fingerprint density at radius 3 is 3.00 bits per heavy atom. The first-order valence-electron chi connectivity index (χ1n) is 9.76. The zero-order valence-corrected chi connectivity index (χ0v) is 18.2. The Morgan fingerprint density at radius 1 is 1.45 bits per heavy atom. The van der Waals surface area contributed by atoms with Crippen LogP contribution in [-0.4, -0.2) is 40.4 Å². The fourth-order valence-corrected chi connectivity index (χ4v) is 4.94. The topological polar surface area (TPSA) is 158 Å². The first-order valence-corrected chi connectivity index (χ1v) is 10.9. The van der Waals surface area contributed by atoms with Crippen LogP contribution in [0.5, 0.6) is 5.88 Å². The molecule has 170 valence electrons. The van der Waals surface area contributed by atoms with E-state index in [1.807, 2.05) is 0 Å². The van der Waals surface area contributed by atoms with E-state index in [4.69, 9.17) is 10.5 Å². The number of ether oxygens (including phenoxy) is 1. The number of aliphatic hydroxyl groups excluding tert-OH is 1. The van der Waals surface area contributed by atoms with Crippen LogP contribution < -0.4 is 19.6 Å². The highest BCUT2D eigenvalue weighted by atomic mass is 32.2. The zero-order chi connectivity index (χ0) is 23.4. The van der Waals surface area contributed by atoms with E-state index >= 15 is 0 Å². The number of benzene rings is 1. The maximum Gasteiger partial charge on any atom is 0.258 e. The molecule has 3 unspecified atom stereocenters. The third-order valence-electron chi connectivity index (χ3n) is 5.36. The molecule has 0 aliphatic carbocycles. The number of aromatic nitrogens is 4. The van der Waals surface area contributed by atoms with E-state index < -0.39 is 29.4 Å². The predicted molar refractivity (Wildman–Crippen MR) is 114 cm³/mol. The van der Waals surface area contributed by atoms with Crippen molar-refractivity contribution >= 4 is 22.7 Å². The van der Waals surface area contributed by atoms with Gasteiger partial charge in [0.2, 0.25) is 11.2 Å². The molecule has 0 spiro atoms. The van der Waals surface area contributed by atoms with Crippen molar-refractivity contribution in [3.8, 4) is 23.2 Å². The summed E-state index contributed by atoms with van der Waals surface area (Å²) in [6, 6.07) is 6.00. The van der Waals surface area contributed by atoms with Gasteiger partial charge in [0.05, 0.1) is 35.4 Å². The van der Waals surface area contributed by atoms with Crippen molar-refractivity contribution in [3.05, 3.63) is 47.2 Å². The van der Waals surface area contributed by atoms with E-state index in [0.717, 1.165) is 0 Å². The number of nitrogens with zero attached hydrogens (tertiary/aromatic N) is 7. The maximum absolute atomic E-state index is 14.2. The lowest BCUT2D eigenvalue weighted by molar-refractivity contribution is 0.00955. The van der Waals surface area contributed by atoms with Gasteiger partial charge in [-0.3, -0.25) is 4.68 Å². The Kier molecular flexibility index (Phi) is 4.98. The fourth-order valence-electron chi connectivity index (χ4n) is 3.86. The van der Waals surface area contributed by atoms with Crippen LogP contribution in [0.25, 0.3) is 11.3 Å². The number of anilines is 2. The summed E-state index contributed by atoms with van der Waals surface area (Å²) in [5.74, 6) is -0.528. The van der Waals surface area contributed by atoms with Crippen molar-refractivity contribution in [2.24, 2.45) is 7.05 Å². The SMILES string of the molecule is CC1Oc2nc(cnc2N)-c2c(nn(C)c2C#N)CN2C(O)NS(=O)N2c2ccc(F)cc21. The second-order valence-electron chi connectivity index (χ2n) is 7.43. The third-order valence-corrected chi connectivity index (χ3v) is 6.49. The molecule has 4 N–H and O–H groups in total. The van der Waals surface area contributed by atoms with Crippen LogP contribution in [0.2, 0.25) is 0 Å². The second-order valence-corrected chi connectivity index (χ2v) is 8.51. The molecule has 0 radical (unpaired) electrons. The number of hydrazine groups is 1. The van der Waals surface area contributed by atoms with E-state index in [9.17, 15) is 19.0 Å².